The number of halogens is 1. The Morgan fingerprint density at radius 1 is 1.21 bits per heavy atom. The summed E-state index contributed by atoms with van der Waals surface area (Å²) < 4.78 is 13.0. The standard InChI is InChI=1S/C15H18BrNO2/c16-11-6-10(12-2-1-5-17-12)7-13-14(11)19-9-15(3-4-15)8-18-13/h6-7,12,17H,1-5,8-9H2. The van der Waals surface area contributed by atoms with E-state index in [1.807, 2.05) is 0 Å². The number of hydrogen-bond acceptors (Lipinski definition) is 3. The molecule has 1 saturated carbocycles. The summed E-state index contributed by atoms with van der Waals surface area (Å²) in [4.78, 5) is 0. The minimum absolute atomic E-state index is 0.296. The lowest BCUT2D eigenvalue weighted by atomic mass is 10.0. The van der Waals surface area contributed by atoms with Gasteiger partial charge in [-0.05, 0) is 65.9 Å². The Balaban J connectivity index is 1.67. The number of fused-ring (bicyclic) bond motifs is 1. The van der Waals surface area contributed by atoms with E-state index in [2.05, 4.69) is 33.4 Å². The van der Waals surface area contributed by atoms with Crippen molar-refractivity contribution in [1.82, 2.24) is 5.32 Å². The third kappa shape index (κ3) is 2.15. The van der Waals surface area contributed by atoms with Crippen LogP contribution in [0.15, 0.2) is 16.6 Å². The zero-order valence-corrected chi connectivity index (χ0v) is 12.5. The van der Waals surface area contributed by atoms with Crippen molar-refractivity contribution in [2.45, 2.75) is 31.7 Å². The second-order valence-electron chi connectivity index (χ2n) is 6.06. The Morgan fingerprint density at radius 3 is 2.79 bits per heavy atom. The van der Waals surface area contributed by atoms with E-state index < -0.39 is 0 Å². The van der Waals surface area contributed by atoms with Gasteiger partial charge in [-0.25, -0.2) is 0 Å². The third-order valence-corrected chi connectivity index (χ3v) is 5.10. The fourth-order valence-corrected chi connectivity index (χ4v) is 3.54. The smallest absolute Gasteiger partial charge is 0.175 e. The Kier molecular flexibility index (Phi) is 2.78. The number of nitrogens with one attached hydrogen (secondary N) is 1. The van der Waals surface area contributed by atoms with Gasteiger partial charge in [0.2, 0.25) is 0 Å². The molecule has 0 amide bonds. The van der Waals surface area contributed by atoms with Gasteiger partial charge >= 0.3 is 0 Å². The zero-order valence-electron chi connectivity index (χ0n) is 10.9. The van der Waals surface area contributed by atoms with Crippen molar-refractivity contribution < 1.29 is 9.47 Å². The highest BCUT2D eigenvalue weighted by Crippen LogP contribution is 2.50. The molecule has 0 aromatic heterocycles. The first kappa shape index (κ1) is 12.0. The first-order valence-electron chi connectivity index (χ1n) is 7.08. The van der Waals surface area contributed by atoms with Gasteiger partial charge in [-0.15, -0.1) is 0 Å². The van der Waals surface area contributed by atoms with Crippen LogP contribution >= 0.6 is 15.9 Å². The molecule has 1 atom stereocenters. The molecule has 19 heavy (non-hydrogen) atoms. The van der Waals surface area contributed by atoms with E-state index in [0.717, 1.165) is 35.7 Å². The molecule has 1 aromatic carbocycles. The number of ether oxygens (including phenoxy) is 2. The highest BCUT2D eigenvalue weighted by atomic mass is 79.9. The van der Waals surface area contributed by atoms with Crippen LogP contribution in [0.4, 0.5) is 0 Å². The number of rotatable bonds is 1. The average Bonchev–Trinajstić information content (AvgIpc) is 3.02. The molecule has 4 rings (SSSR count). The van der Waals surface area contributed by atoms with Crippen molar-refractivity contribution in [3.63, 3.8) is 0 Å². The van der Waals surface area contributed by atoms with Gasteiger partial charge in [-0.1, -0.05) is 0 Å². The second-order valence-corrected chi connectivity index (χ2v) is 6.91. The second kappa shape index (κ2) is 4.38. The van der Waals surface area contributed by atoms with E-state index in [-0.39, 0.29) is 0 Å². The molecule has 4 heteroatoms. The number of hydrogen-bond donors (Lipinski definition) is 1. The molecular weight excluding hydrogens is 306 g/mol. The summed E-state index contributed by atoms with van der Waals surface area (Å²) in [6, 6.07) is 4.80. The molecule has 0 radical (unpaired) electrons. The number of benzene rings is 1. The normalized spacial score (nSPS) is 27.3. The lowest BCUT2D eigenvalue weighted by molar-refractivity contribution is 0.196. The molecule has 3 nitrogen and oxygen atoms in total. The Bertz CT molecular complexity index is 507. The maximum absolute atomic E-state index is 6.02. The van der Waals surface area contributed by atoms with Crippen molar-refractivity contribution in [2.24, 2.45) is 5.41 Å². The lowest BCUT2D eigenvalue weighted by Crippen LogP contribution is -2.17. The van der Waals surface area contributed by atoms with E-state index in [1.165, 1.54) is 31.2 Å². The third-order valence-electron chi connectivity index (χ3n) is 4.51. The van der Waals surface area contributed by atoms with Crippen LogP contribution in [0.3, 0.4) is 0 Å². The van der Waals surface area contributed by atoms with E-state index in [1.54, 1.807) is 0 Å². The molecule has 2 heterocycles. The van der Waals surface area contributed by atoms with E-state index in [4.69, 9.17) is 9.47 Å². The monoisotopic (exact) mass is 323 g/mol. The first-order valence-corrected chi connectivity index (χ1v) is 7.88. The highest BCUT2D eigenvalue weighted by molar-refractivity contribution is 9.10. The van der Waals surface area contributed by atoms with Crippen LogP contribution in [-0.4, -0.2) is 19.8 Å². The van der Waals surface area contributed by atoms with Crippen molar-refractivity contribution in [1.29, 1.82) is 0 Å². The Morgan fingerprint density at radius 2 is 2.05 bits per heavy atom. The molecule has 1 spiro atoms. The van der Waals surface area contributed by atoms with Gasteiger partial charge in [0, 0.05) is 11.5 Å². The van der Waals surface area contributed by atoms with Crippen molar-refractivity contribution in [2.75, 3.05) is 19.8 Å². The van der Waals surface area contributed by atoms with E-state index >= 15 is 0 Å². The SMILES string of the molecule is Brc1cc(C2CCCN2)cc2c1OCC1(CC1)CO2. The van der Waals surface area contributed by atoms with Crippen LogP contribution in [0.25, 0.3) is 0 Å². The minimum atomic E-state index is 0.296. The topological polar surface area (TPSA) is 30.5 Å². The summed E-state index contributed by atoms with van der Waals surface area (Å²) in [7, 11) is 0. The van der Waals surface area contributed by atoms with Crippen LogP contribution in [0, 0.1) is 5.41 Å². The molecular formula is C15H18BrNO2. The highest BCUT2D eigenvalue weighted by Gasteiger charge is 2.46. The molecule has 102 valence electrons. The van der Waals surface area contributed by atoms with Gasteiger partial charge < -0.3 is 14.8 Å². The predicted octanol–water partition coefficient (Wildman–Crippen LogP) is 3.43. The van der Waals surface area contributed by atoms with Crippen LogP contribution in [0.1, 0.15) is 37.3 Å². The zero-order chi connectivity index (χ0) is 12.9. The van der Waals surface area contributed by atoms with E-state index in [9.17, 15) is 0 Å². The molecule has 2 aliphatic heterocycles. The van der Waals surface area contributed by atoms with Gasteiger partial charge in [0.1, 0.15) is 0 Å². The lowest BCUT2D eigenvalue weighted by Gasteiger charge is -2.15. The first-order chi connectivity index (χ1) is 9.26. The summed E-state index contributed by atoms with van der Waals surface area (Å²) in [5.74, 6) is 1.78. The van der Waals surface area contributed by atoms with Crippen molar-refractivity contribution in [3.05, 3.63) is 22.2 Å². The van der Waals surface area contributed by atoms with Gasteiger partial charge in [-0.2, -0.15) is 0 Å². The Hall–Kier alpha value is -0.740. The predicted molar refractivity (Wildman–Crippen MR) is 76.8 cm³/mol. The maximum Gasteiger partial charge on any atom is 0.175 e. The van der Waals surface area contributed by atoms with Crippen molar-refractivity contribution >= 4 is 15.9 Å². The van der Waals surface area contributed by atoms with Crippen LogP contribution in [0.2, 0.25) is 0 Å². The summed E-state index contributed by atoms with van der Waals surface area (Å²) in [6.45, 7) is 2.70. The molecule has 1 saturated heterocycles. The molecule has 1 aromatic rings. The quantitative estimate of drug-likeness (QED) is 0.859. The molecule has 2 fully saturated rings. The molecule has 0 bridgehead atoms. The summed E-state index contributed by atoms with van der Waals surface area (Å²) in [5, 5.41) is 3.53. The van der Waals surface area contributed by atoms with Crippen LogP contribution in [-0.2, 0) is 0 Å². The molecule has 1 N–H and O–H groups in total. The Labute approximate surface area is 121 Å². The summed E-state index contributed by atoms with van der Waals surface area (Å²) in [5.41, 5.74) is 1.60. The molecule has 1 unspecified atom stereocenters. The maximum atomic E-state index is 6.02. The minimum Gasteiger partial charge on any atom is -0.489 e. The van der Waals surface area contributed by atoms with Gasteiger partial charge in [0.25, 0.3) is 0 Å². The average molecular weight is 324 g/mol. The van der Waals surface area contributed by atoms with Gasteiger partial charge in [-0.3, -0.25) is 0 Å². The van der Waals surface area contributed by atoms with Crippen molar-refractivity contribution in [3.8, 4) is 11.5 Å². The fraction of sp³-hybridized carbons (Fsp3) is 0.600. The summed E-state index contributed by atoms with van der Waals surface area (Å²) in [6.07, 6.45) is 4.92. The van der Waals surface area contributed by atoms with Gasteiger partial charge in [0.15, 0.2) is 11.5 Å². The molecule has 3 aliphatic rings. The molecule has 1 aliphatic carbocycles. The van der Waals surface area contributed by atoms with E-state index in [0.29, 0.717) is 11.5 Å². The fourth-order valence-electron chi connectivity index (χ4n) is 2.97. The van der Waals surface area contributed by atoms with Gasteiger partial charge in [0.05, 0.1) is 17.7 Å². The van der Waals surface area contributed by atoms with Crippen LogP contribution in [0.5, 0.6) is 11.5 Å². The summed E-state index contributed by atoms with van der Waals surface area (Å²) >= 11 is 3.64. The van der Waals surface area contributed by atoms with Crippen LogP contribution < -0.4 is 14.8 Å². The largest absolute Gasteiger partial charge is 0.489 e.